The van der Waals surface area contributed by atoms with Gasteiger partial charge in [0.15, 0.2) is 11.9 Å². The van der Waals surface area contributed by atoms with Crippen LogP contribution in [0.1, 0.15) is 96.3 Å². The Morgan fingerprint density at radius 3 is 2.59 bits per heavy atom. The van der Waals surface area contributed by atoms with Crippen LogP contribution in [0.4, 0.5) is 0 Å². The van der Waals surface area contributed by atoms with Crippen molar-refractivity contribution in [1.82, 2.24) is 0 Å². The highest BCUT2D eigenvalue weighted by Crippen LogP contribution is 2.65. The van der Waals surface area contributed by atoms with Crippen LogP contribution >= 0.6 is 0 Å². The Labute approximate surface area is 190 Å². The number of esters is 2. The van der Waals surface area contributed by atoms with E-state index < -0.39 is 35.2 Å². The smallest absolute Gasteiger partial charge is 0.334 e. The summed E-state index contributed by atoms with van der Waals surface area (Å²) in [6, 6.07) is 0. The molecule has 0 spiro atoms. The first-order valence-electron chi connectivity index (χ1n) is 11.5. The number of allylic oxidation sites excluding steroid dienone is 2. The lowest BCUT2D eigenvalue weighted by Crippen LogP contribution is -2.62. The highest BCUT2D eigenvalue weighted by atomic mass is 16.6. The van der Waals surface area contributed by atoms with Gasteiger partial charge in [0.1, 0.15) is 11.7 Å². The summed E-state index contributed by atoms with van der Waals surface area (Å²) in [5, 5.41) is 12.2. The van der Waals surface area contributed by atoms with Crippen LogP contribution in [0.3, 0.4) is 0 Å². The third kappa shape index (κ3) is 3.72. The topological polar surface area (TPSA) is 86.0 Å². The molecule has 0 bridgehead atoms. The van der Waals surface area contributed by atoms with E-state index >= 15 is 0 Å². The molecule has 1 fully saturated rings. The van der Waals surface area contributed by atoms with E-state index in [2.05, 4.69) is 6.92 Å². The second-order valence-electron chi connectivity index (χ2n) is 9.62. The summed E-state index contributed by atoms with van der Waals surface area (Å²) in [6.45, 7) is 13.2. The Balaban J connectivity index is 2.18. The minimum absolute atomic E-state index is 0.0155. The molecule has 3 rings (SSSR count). The lowest BCUT2D eigenvalue weighted by Gasteiger charge is -2.59. The van der Waals surface area contributed by atoms with Gasteiger partial charge in [-0.05, 0) is 58.4 Å². The molecule has 0 amide bonds. The number of aliphatic hydroxyl groups is 1. The van der Waals surface area contributed by atoms with Gasteiger partial charge in [0.25, 0.3) is 0 Å². The zero-order chi connectivity index (χ0) is 23.8. The number of hydrogen-bond acceptors (Lipinski definition) is 6. The molecule has 0 radical (unpaired) electrons. The van der Waals surface area contributed by atoms with Crippen molar-refractivity contribution in [3.63, 3.8) is 0 Å². The van der Waals surface area contributed by atoms with Crippen LogP contribution < -0.4 is 0 Å². The van der Waals surface area contributed by atoms with Crippen LogP contribution in [0, 0.1) is 18.3 Å². The summed E-state index contributed by atoms with van der Waals surface area (Å²) in [7, 11) is 0. The molecule has 1 heterocycles. The van der Waals surface area contributed by atoms with Crippen molar-refractivity contribution in [2.24, 2.45) is 11.3 Å². The van der Waals surface area contributed by atoms with Crippen molar-refractivity contribution in [2.75, 3.05) is 0 Å². The molecule has 1 saturated carbocycles. The van der Waals surface area contributed by atoms with Gasteiger partial charge in [-0.3, -0.25) is 0 Å². The fourth-order valence-electron chi connectivity index (χ4n) is 5.21. The predicted molar refractivity (Wildman–Crippen MR) is 121 cm³/mol. The van der Waals surface area contributed by atoms with Crippen molar-refractivity contribution in [1.29, 1.82) is 0 Å². The molecule has 5 atom stereocenters. The largest absolute Gasteiger partial charge is 0.465 e. The molecule has 0 saturated heterocycles. The van der Waals surface area contributed by atoms with Crippen LogP contribution in [0.2, 0.25) is 0 Å². The first kappa shape index (κ1) is 24.3. The Bertz CT molecular complexity index is 954. The van der Waals surface area contributed by atoms with Gasteiger partial charge in [-0.25, -0.2) is 9.59 Å². The van der Waals surface area contributed by atoms with Gasteiger partial charge in [-0.15, -0.1) is 0 Å². The fourth-order valence-corrected chi connectivity index (χ4v) is 5.21. The number of carbonyl (C=O) groups excluding carboxylic acids is 2. The quantitative estimate of drug-likeness (QED) is 0.466. The van der Waals surface area contributed by atoms with Crippen LogP contribution in [0.25, 0.3) is 0 Å². The molecular weight excluding hydrogens is 408 g/mol. The summed E-state index contributed by atoms with van der Waals surface area (Å²) in [6.07, 6.45) is 5.87. The number of hydrogen-bond donors (Lipinski definition) is 1. The fraction of sp³-hybridized carbons (Fsp3) is 0.615. The normalized spacial score (nSPS) is 32.7. The molecule has 32 heavy (non-hydrogen) atoms. The summed E-state index contributed by atoms with van der Waals surface area (Å²) in [5.74, 6) is -0.560. The molecule has 6 heteroatoms. The van der Waals surface area contributed by atoms with Gasteiger partial charge in [0, 0.05) is 22.6 Å². The molecule has 1 N–H and O–H groups in total. The highest BCUT2D eigenvalue weighted by Gasteiger charge is 2.68. The maximum atomic E-state index is 12.8. The van der Waals surface area contributed by atoms with Crippen LogP contribution in [0.15, 0.2) is 34.0 Å². The number of aryl methyl sites for hydroxylation is 1. The monoisotopic (exact) mass is 444 g/mol. The SMILES string of the molecule is C/C=C(\C)C(=O)O[C@H]1c2occ(C)c2[C@@H](OC(=O)/C=C(\C)CC)[C@]2(C)[C@@H](C)CCC[C@]12O. The number of ether oxygens (including phenoxy) is 2. The van der Waals surface area contributed by atoms with E-state index in [0.29, 0.717) is 23.3 Å². The zero-order valence-corrected chi connectivity index (χ0v) is 20.3. The van der Waals surface area contributed by atoms with Gasteiger partial charge >= 0.3 is 11.9 Å². The Kier molecular flexibility index (Phi) is 6.75. The summed E-state index contributed by atoms with van der Waals surface area (Å²) < 4.78 is 17.8. The van der Waals surface area contributed by atoms with E-state index in [1.54, 1.807) is 26.2 Å². The van der Waals surface area contributed by atoms with E-state index in [1.165, 1.54) is 6.08 Å². The molecule has 1 aromatic rings. The van der Waals surface area contributed by atoms with E-state index in [9.17, 15) is 14.7 Å². The third-order valence-electron chi connectivity index (χ3n) is 7.82. The maximum Gasteiger partial charge on any atom is 0.334 e. The number of rotatable bonds is 5. The lowest BCUT2D eigenvalue weighted by molar-refractivity contribution is -0.257. The molecule has 6 nitrogen and oxygen atoms in total. The van der Waals surface area contributed by atoms with Gasteiger partial charge in [-0.2, -0.15) is 0 Å². The van der Waals surface area contributed by atoms with Gasteiger partial charge in [-0.1, -0.05) is 38.8 Å². The summed E-state index contributed by atoms with van der Waals surface area (Å²) in [4.78, 5) is 25.6. The molecular formula is C26H36O6. The van der Waals surface area contributed by atoms with Crippen molar-refractivity contribution in [3.8, 4) is 0 Å². The number of furan rings is 1. The minimum Gasteiger partial charge on any atom is -0.465 e. The van der Waals surface area contributed by atoms with E-state index in [0.717, 1.165) is 30.4 Å². The van der Waals surface area contributed by atoms with Gasteiger partial charge in [0.2, 0.25) is 0 Å². The predicted octanol–water partition coefficient (Wildman–Crippen LogP) is 5.65. The van der Waals surface area contributed by atoms with E-state index in [4.69, 9.17) is 13.9 Å². The second-order valence-corrected chi connectivity index (χ2v) is 9.62. The van der Waals surface area contributed by atoms with E-state index in [-0.39, 0.29) is 5.92 Å². The second kappa shape index (κ2) is 8.89. The minimum atomic E-state index is -1.44. The van der Waals surface area contributed by atoms with Gasteiger partial charge < -0.3 is 19.0 Å². The third-order valence-corrected chi connectivity index (χ3v) is 7.82. The van der Waals surface area contributed by atoms with Crippen LogP contribution in [-0.4, -0.2) is 22.6 Å². The van der Waals surface area contributed by atoms with Crippen LogP contribution in [0.5, 0.6) is 0 Å². The average molecular weight is 445 g/mol. The van der Waals surface area contributed by atoms with Crippen molar-refractivity contribution >= 4 is 11.9 Å². The van der Waals surface area contributed by atoms with Crippen LogP contribution in [-0.2, 0) is 19.1 Å². The van der Waals surface area contributed by atoms with Crippen molar-refractivity contribution in [2.45, 2.75) is 92.0 Å². The van der Waals surface area contributed by atoms with Gasteiger partial charge in [0.05, 0.1) is 6.26 Å². The average Bonchev–Trinajstić information content (AvgIpc) is 3.13. The Morgan fingerprint density at radius 2 is 1.97 bits per heavy atom. The highest BCUT2D eigenvalue weighted by molar-refractivity contribution is 5.88. The molecule has 2 aliphatic rings. The lowest BCUT2D eigenvalue weighted by atomic mass is 9.50. The molecule has 0 aromatic carbocycles. The number of carbonyl (C=O) groups is 2. The molecule has 1 aromatic heterocycles. The van der Waals surface area contributed by atoms with E-state index in [1.807, 2.05) is 27.7 Å². The summed E-state index contributed by atoms with van der Waals surface area (Å²) >= 11 is 0. The molecule has 176 valence electrons. The van der Waals surface area contributed by atoms with Crippen molar-refractivity contribution < 1.29 is 28.6 Å². The number of fused-ring (bicyclic) bond motifs is 2. The van der Waals surface area contributed by atoms with Crippen molar-refractivity contribution in [3.05, 3.63) is 46.4 Å². The zero-order valence-electron chi connectivity index (χ0n) is 20.3. The molecule has 2 aliphatic carbocycles. The Hall–Kier alpha value is -2.34. The first-order chi connectivity index (χ1) is 15.0. The standard InChI is InChI=1S/C26H36O6/c1-8-15(3)13-19(27)31-22-20-17(5)14-30-21(20)23(32-24(28)16(4)9-2)26(29)12-10-11-18(6)25(22,26)7/h9,13-14,18,22-23,29H,8,10-12H2,1-7H3/b15-13+,16-9+/t18-,22+,23-,25-,26-/m0/s1. The summed E-state index contributed by atoms with van der Waals surface area (Å²) in [5.41, 5.74) is 0.556. The Morgan fingerprint density at radius 1 is 1.28 bits per heavy atom. The first-order valence-corrected chi connectivity index (χ1v) is 11.5. The maximum absolute atomic E-state index is 12.8. The molecule has 0 unspecified atom stereocenters. The molecule has 0 aliphatic heterocycles.